The molecule has 3 N–H and O–H groups in total. The molecule has 0 aromatic carbocycles. The number of hydrogen-bond acceptors (Lipinski definition) is 2. The van der Waals surface area contributed by atoms with E-state index in [1.165, 1.54) is 6.04 Å². The van der Waals surface area contributed by atoms with Gasteiger partial charge in [0.25, 0.3) is 0 Å². The molecule has 0 aromatic heterocycles. The van der Waals surface area contributed by atoms with Gasteiger partial charge >= 0.3 is 7.82 Å². The summed E-state index contributed by atoms with van der Waals surface area (Å²) in [6, 6.07) is 1.51. The van der Waals surface area contributed by atoms with Crippen LogP contribution in [0, 0.1) is 0 Å². The third-order valence-corrected chi connectivity index (χ3v) is 15.1. The predicted molar refractivity (Wildman–Crippen MR) is 50.7 cm³/mol. The fourth-order valence-electron chi connectivity index (χ4n) is 0.687. The zero-order chi connectivity index (χ0) is 8.74. The van der Waals surface area contributed by atoms with Crippen LogP contribution in [0.5, 0.6) is 0 Å². The molecule has 1 aliphatic rings. The Labute approximate surface area is 71.6 Å². The molecule has 0 bridgehead atoms. The monoisotopic (exact) mass is 232 g/mol. The second-order valence-corrected chi connectivity index (χ2v) is 18.0. The Morgan fingerprint density at radius 1 is 1.36 bits per heavy atom. The quantitative estimate of drug-likeness (QED) is 0.302. The Hall–Kier alpha value is 0.721. The lowest BCUT2D eigenvalue weighted by Crippen LogP contribution is -2.23. The molecule has 0 radical (unpaired) electrons. The van der Waals surface area contributed by atoms with Crippen molar-refractivity contribution in [1.82, 2.24) is 0 Å². The molecule has 1 saturated heterocycles. The van der Waals surface area contributed by atoms with Crippen LogP contribution in [0.1, 0.15) is 0 Å². The Morgan fingerprint density at radius 3 is 2.00 bits per heavy atom. The van der Waals surface area contributed by atoms with Gasteiger partial charge in [0, 0.05) is 24.2 Å². The molecule has 1 aliphatic heterocycles. The van der Waals surface area contributed by atoms with Gasteiger partial charge in [-0.1, -0.05) is 0 Å². The predicted octanol–water partition coefficient (Wildman–Crippen LogP) is -3.24. The van der Waals surface area contributed by atoms with E-state index in [1.807, 2.05) is 0 Å². The fourth-order valence-corrected chi connectivity index (χ4v) is 13.0. The minimum absolute atomic E-state index is 0.209. The lowest BCUT2D eigenvalue weighted by atomic mass is 10.9. The molecule has 1 fully saturated rings. The van der Waals surface area contributed by atoms with Crippen LogP contribution < -0.4 is 0 Å². The molecule has 1 heterocycles. The first-order chi connectivity index (χ1) is 5.00. The molecule has 0 unspecified atom stereocenters. The van der Waals surface area contributed by atoms with Crippen molar-refractivity contribution in [2.45, 2.75) is 6.04 Å². The summed E-state index contributed by atoms with van der Waals surface area (Å²) < 4.78 is 14.2. The summed E-state index contributed by atoms with van der Waals surface area (Å²) in [6.07, 6.45) is 0. The van der Waals surface area contributed by atoms with Crippen molar-refractivity contribution in [3.05, 3.63) is 0 Å². The Balaban J connectivity index is 0.000000187. The van der Waals surface area contributed by atoms with Crippen LogP contribution in [-0.2, 0) is 8.99 Å². The van der Waals surface area contributed by atoms with Crippen molar-refractivity contribution < 1.29 is 23.7 Å². The molecule has 11 heavy (non-hydrogen) atoms. The number of hydrogen-bond donors (Lipinski definition) is 3. The normalized spacial score (nSPS) is 25.0. The van der Waals surface area contributed by atoms with Crippen LogP contribution in [0.15, 0.2) is 0 Å². The largest absolute Gasteiger partial charge is 0.466 e. The highest BCUT2D eigenvalue weighted by atomic mass is 31.2. The summed E-state index contributed by atoms with van der Waals surface area (Å²) in [5, 5.41) is 0. The Morgan fingerprint density at radius 2 is 1.91 bits per heavy atom. The van der Waals surface area contributed by atoms with Gasteiger partial charge in [-0.15, -0.1) is 0 Å². The third kappa shape index (κ3) is 18.1. The third-order valence-electron chi connectivity index (χ3n) is 1.08. The average molecular weight is 232 g/mol. The first-order valence-electron chi connectivity index (χ1n) is 3.36. The lowest BCUT2D eigenvalue weighted by Gasteiger charge is -2.06. The molecule has 9 heteroatoms. The van der Waals surface area contributed by atoms with Crippen molar-refractivity contribution in [1.29, 1.82) is 0 Å². The first kappa shape index (κ1) is 11.7. The van der Waals surface area contributed by atoms with Crippen LogP contribution >= 0.6 is 7.82 Å². The molecule has 1 rings (SSSR count). The Bertz CT molecular complexity index is 112. The zero-order valence-electron chi connectivity index (χ0n) is 6.14. The van der Waals surface area contributed by atoms with Gasteiger partial charge in [0.1, 0.15) is 9.28 Å². The second kappa shape index (κ2) is 6.26. The van der Waals surface area contributed by atoms with E-state index < -0.39 is 7.82 Å². The maximum atomic E-state index is 8.88. The number of rotatable bonds is 0. The minimum atomic E-state index is -4.64. The molecule has 68 valence electrons. The molecular formula is C2H13O5PSi3. The highest BCUT2D eigenvalue weighted by Crippen LogP contribution is 2.25. The molecule has 0 spiro atoms. The van der Waals surface area contributed by atoms with Gasteiger partial charge in [-0.2, -0.15) is 0 Å². The fraction of sp³-hybridized carbons (Fsp3) is 1.00. The highest BCUT2D eigenvalue weighted by Gasteiger charge is 2.00. The van der Waals surface area contributed by atoms with Gasteiger partial charge in [0.15, 0.2) is 0 Å². The van der Waals surface area contributed by atoms with Gasteiger partial charge < -0.3 is 19.1 Å². The highest BCUT2D eigenvalue weighted by molar-refractivity contribution is 7.45. The van der Waals surface area contributed by atoms with Crippen molar-refractivity contribution >= 4 is 34.7 Å². The zero-order valence-corrected chi connectivity index (χ0v) is 11.3. The minimum Gasteiger partial charge on any atom is -0.429 e. The summed E-state index contributed by atoms with van der Waals surface area (Å²) in [7, 11) is -3.28. The molecule has 0 saturated carbocycles. The van der Waals surface area contributed by atoms with Crippen molar-refractivity contribution in [3.63, 3.8) is 0 Å². The smallest absolute Gasteiger partial charge is 0.429 e. The summed E-state index contributed by atoms with van der Waals surface area (Å²) in [5.74, 6) is 0. The molecule has 0 aromatic rings. The van der Waals surface area contributed by atoms with Gasteiger partial charge in [0.05, 0.1) is 0 Å². The van der Waals surface area contributed by atoms with Crippen molar-refractivity contribution in [3.8, 4) is 0 Å². The summed E-state index contributed by atoms with van der Waals surface area (Å²) in [4.78, 5) is 21.6. The summed E-state index contributed by atoms with van der Waals surface area (Å²) in [6.45, 7) is 1.16. The van der Waals surface area contributed by atoms with E-state index in [9.17, 15) is 0 Å². The van der Waals surface area contributed by atoms with E-state index in [0.717, 1.165) is 6.61 Å². The van der Waals surface area contributed by atoms with Crippen LogP contribution in [0.4, 0.5) is 0 Å². The van der Waals surface area contributed by atoms with Gasteiger partial charge in [-0.05, 0) is 6.04 Å². The second-order valence-electron chi connectivity index (χ2n) is 2.19. The van der Waals surface area contributed by atoms with Gasteiger partial charge in [-0.3, -0.25) is 0 Å². The van der Waals surface area contributed by atoms with E-state index >= 15 is 0 Å². The van der Waals surface area contributed by atoms with Crippen molar-refractivity contribution in [2.75, 3.05) is 6.61 Å². The summed E-state index contributed by atoms with van der Waals surface area (Å²) >= 11 is 0. The van der Waals surface area contributed by atoms with E-state index in [1.54, 1.807) is 0 Å². The van der Waals surface area contributed by atoms with E-state index in [0.29, 0.717) is 17.6 Å². The van der Waals surface area contributed by atoms with Crippen LogP contribution in [-0.4, -0.2) is 48.2 Å². The van der Waals surface area contributed by atoms with Gasteiger partial charge in [-0.25, -0.2) is 4.57 Å². The topological polar surface area (TPSA) is 87.0 Å². The SMILES string of the molecule is C1C[SiH2][SiH2][SiH2]O1.O=P(O)(O)O. The molecule has 0 aliphatic carbocycles. The molecular weight excluding hydrogens is 219 g/mol. The maximum absolute atomic E-state index is 8.88. The Kier molecular flexibility index (Phi) is 6.67. The molecule has 5 nitrogen and oxygen atoms in total. The van der Waals surface area contributed by atoms with Crippen LogP contribution in [0.25, 0.3) is 0 Å². The van der Waals surface area contributed by atoms with E-state index in [-0.39, 0.29) is 9.28 Å². The van der Waals surface area contributed by atoms with Crippen LogP contribution in [0.2, 0.25) is 6.04 Å². The number of phosphoric acid groups is 1. The average Bonchev–Trinajstić information content (AvgIpc) is 1.88. The van der Waals surface area contributed by atoms with E-state index in [4.69, 9.17) is 23.7 Å². The van der Waals surface area contributed by atoms with Crippen molar-refractivity contribution in [2.24, 2.45) is 0 Å². The summed E-state index contributed by atoms with van der Waals surface area (Å²) in [5.41, 5.74) is 0. The van der Waals surface area contributed by atoms with Crippen LogP contribution in [0.3, 0.4) is 0 Å². The van der Waals surface area contributed by atoms with E-state index in [2.05, 4.69) is 0 Å². The van der Waals surface area contributed by atoms with Gasteiger partial charge in [0.2, 0.25) is 0 Å². The molecule has 0 atom stereocenters. The standard InChI is InChI=1S/C2H10OSi3.H3O4P/c1-2-4-6-5-3-1;1-5(2,3)4/h1-2,4-6H2;(H3,1,2,3,4). The molecule has 0 amide bonds. The lowest BCUT2D eigenvalue weighted by molar-refractivity contribution is 0.275. The first-order valence-corrected chi connectivity index (χ1v) is 14.5. The maximum Gasteiger partial charge on any atom is 0.466 e.